The Morgan fingerprint density at radius 1 is 1.36 bits per heavy atom. The Kier molecular flexibility index (Phi) is 4.60. The van der Waals surface area contributed by atoms with Crippen LogP contribution in [0.1, 0.15) is 34.9 Å². The van der Waals surface area contributed by atoms with E-state index in [0.717, 1.165) is 24.3 Å². The lowest BCUT2D eigenvalue weighted by Crippen LogP contribution is -2.36. The fourth-order valence-electron chi connectivity index (χ4n) is 3.57. The van der Waals surface area contributed by atoms with Gasteiger partial charge < -0.3 is 9.64 Å². The second-order valence-electron chi connectivity index (χ2n) is 6.59. The molecule has 0 amide bonds. The van der Waals surface area contributed by atoms with Gasteiger partial charge in [-0.2, -0.15) is 0 Å². The summed E-state index contributed by atoms with van der Waals surface area (Å²) in [6.07, 6.45) is 4.96. The third-order valence-corrected chi connectivity index (χ3v) is 4.89. The number of hydrogen-bond donors (Lipinski definition) is 0. The number of ether oxygens (including phenoxy) is 1. The molecule has 1 aliphatic rings. The molecule has 0 N–H and O–H groups in total. The van der Waals surface area contributed by atoms with Gasteiger partial charge in [-0.25, -0.2) is 9.78 Å². The van der Waals surface area contributed by atoms with E-state index in [0.29, 0.717) is 13.1 Å². The Labute approximate surface area is 159 Å². The molecule has 1 fully saturated rings. The van der Waals surface area contributed by atoms with Gasteiger partial charge in [0.25, 0.3) is 0 Å². The molecule has 4 heterocycles. The highest BCUT2D eigenvalue weighted by molar-refractivity contribution is 5.90. The third-order valence-electron chi connectivity index (χ3n) is 4.89. The van der Waals surface area contributed by atoms with E-state index in [1.807, 2.05) is 33.7 Å². The number of hydrogen-bond acceptors (Lipinski definition) is 8. The molecule has 1 unspecified atom stereocenters. The molecule has 144 valence electrons. The van der Waals surface area contributed by atoms with Gasteiger partial charge >= 0.3 is 11.7 Å². The van der Waals surface area contributed by atoms with Crippen LogP contribution in [0.3, 0.4) is 0 Å². The van der Waals surface area contributed by atoms with Crippen molar-refractivity contribution in [3.8, 4) is 0 Å². The lowest BCUT2D eigenvalue weighted by atomic mass is 9.97. The van der Waals surface area contributed by atoms with Crippen molar-refractivity contribution in [3.05, 3.63) is 58.2 Å². The van der Waals surface area contributed by atoms with Crippen molar-refractivity contribution >= 4 is 23.1 Å². The molecule has 3 aromatic heterocycles. The summed E-state index contributed by atoms with van der Waals surface area (Å²) in [4.78, 5) is 28.8. The van der Waals surface area contributed by atoms with Gasteiger partial charge in [0, 0.05) is 37.5 Å². The van der Waals surface area contributed by atoms with Crippen molar-refractivity contribution in [2.75, 3.05) is 25.1 Å². The number of methoxy groups -OCH3 is 1. The molecule has 1 atom stereocenters. The summed E-state index contributed by atoms with van der Waals surface area (Å²) in [5.41, 5.74) is 0.603. The normalized spacial score (nSPS) is 16.9. The molecule has 0 aromatic carbocycles. The molecule has 0 radical (unpaired) electrons. The number of aromatic nitrogens is 4. The zero-order valence-electron chi connectivity index (χ0n) is 15.2. The number of nitrogens with zero attached hydrogens (tertiary/aromatic N) is 6. The molecule has 0 saturated carbocycles. The number of carbonyl (C=O) groups is 1. The topological polar surface area (TPSA) is 116 Å². The second kappa shape index (κ2) is 7.22. The van der Waals surface area contributed by atoms with Crippen LogP contribution in [0.5, 0.6) is 0 Å². The van der Waals surface area contributed by atoms with Gasteiger partial charge in [-0.3, -0.25) is 14.5 Å². The Hall–Kier alpha value is -3.56. The second-order valence-corrected chi connectivity index (χ2v) is 6.59. The molecule has 0 spiro atoms. The van der Waals surface area contributed by atoms with Crippen LogP contribution in [0, 0.1) is 10.1 Å². The average Bonchev–Trinajstić information content (AvgIpc) is 3.17. The van der Waals surface area contributed by atoms with Gasteiger partial charge in [0.2, 0.25) is 5.82 Å². The maximum absolute atomic E-state index is 11.7. The van der Waals surface area contributed by atoms with Crippen LogP contribution >= 0.6 is 0 Å². The minimum atomic E-state index is -0.659. The van der Waals surface area contributed by atoms with Crippen LogP contribution in [0.25, 0.3) is 5.65 Å². The highest BCUT2D eigenvalue weighted by Gasteiger charge is 2.30. The number of piperidine rings is 1. The quantitative estimate of drug-likeness (QED) is 0.383. The Balaban J connectivity index is 1.66. The highest BCUT2D eigenvalue weighted by Crippen LogP contribution is 2.33. The molecule has 10 heteroatoms. The molecule has 3 aromatic rings. The summed E-state index contributed by atoms with van der Waals surface area (Å²) in [6.45, 7) is 1.17. The Bertz CT molecular complexity index is 1050. The molecule has 1 saturated heterocycles. The Morgan fingerprint density at radius 2 is 2.21 bits per heavy atom. The molecule has 28 heavy (non-hydrogen) atoms. The molecule has 0 bridgehead atoms. The molecule has 0 aliphatic carbocycles. The van der Waals surface area contributed by atoms with Gasteiger partial charge in [0.05, 0.1) is 17.6 Å². The summed E-state index contributed by atoms with van der Waals surface area (Å²) in [5, 5.41) is 20.1. The molecule has 4 rings (SSSR count). The smallest absolute Gasteiger partial charge is 0.339 e. The van der Waals surface area contributed by atoms with Crippen LogP contribution in [0.2, 0.25) is 0 Å². The molecule has 1 aliphatic heterocycles. The first-order chi connectivity index (χ1) is 13.6. The van der Waals surface area contributed by atoms with Gasteiger partial charge in [-0.1, -0.05) is 6.07 Å². The lowest BCUT2D eigenvalue weighted by molar-refractivity contribution is -0.384. The fourth-order valence-corrected chi connectivity index (χ4v) is 3.57. The van der Waals surface area contributed by atoms with Gasteiger partial charge in [-0.15, -0.1) is 10.2 Å². The van der Waals surface area contributed by atoms with E-state index in [1.54, 1.807) is 0 Å². The first kappa shape index (κ1) is 17.8. The summed E-state index contributed by atoms with van der Waals surface area (Å²) in [6, 6.07) is 6.91. The Morgan fingerprint density at radius 3 is 3.00 bits per heavy atom. The largest absolute Gasteiger partial charge is 0.465 e. The van der Waals surface area contributed by atoms with E-state index in [4.69, 9.17) is 0 Å². The summed E-state index contributed by atoms with van der Waals surface area (Å²) in [5.74, 6) is 0.478. The van der Waals surface area contributed by atoms with Crippen LogP contribution in [0.15, 0.2) is 36.7 Å². The predicted molar refractivity (Wildman–Crippen MR) is 99.4 cm³/mol. The van der Waals surface area contributed by atoms with Crippen molar-refractivity contribution < 1.29 is 14.5 Å². The summed E-state index contributed by atoms with van der Waals surface area (Å²) >= 11 is 0. The minimum absolute atomic E-state index is 0.0509. The number of fused-ring (bicyclic) bond motifs is 1. The van der Waals surface area contributed by atoms with Gasteiger partial charge in [0.15, 0.2) is 5.65 Å². The van der Waals surface area contributed by atoms with E-state index in [9.17, 15) is 14.9 Å². The van der Waals surface area contributed by atoms with Gasteiger partial charge in [-0.05, 0) is 25.0 Å². The summed E-state index contributed by atoms with van der Waals surface area (Å²) < 4.78 is 6.57. The van der Waals surface area contributed by atoms with E-state index in [2.05, 4.69) is 19.9 Å². The number of esters is 1. The van der Waals surface area contributed by atoms with E-state index in [-0.39, 0.29) is 23.0 Å². The first-order valence-electron chi connectivity index (χ1n) is 8.86. The highest BCUT2D eigenvalue weighted by atomic mass is 16.6. The van der Waals surface area contributed by atoms with E-state index < -0.39 is 10.9 Å². The molecular formula is C18H18N6O4. The van der Waals surface area contributed by atoms with E-state index in [1.165, 1.54) is 19.4 Å². The minimum Gasteiger partial charge on any atom is -0.465 e. The van der Waals surface area contributed by atoms with Crippen molar-refractivity contribution in [3.63, 3.8) is 0 Å². The van der Waals surface area contributed by atoms with Crippen molar-refractivity contribution in [1.82, 2.24) is 19.6 Å². The lowest BCUT2D eigenvalue weighted by Gasteiger charge is -2.32. The number of anilines is 1. The zero-order valence-corrected chi connectivity index (χ0v) is 15.2. The number of rotatable bonds is 4. The maximum Gasteiger partial charge on any atom is 0.339 e. The monoisotopic (exact) mass is 382 g/mol. The third kappa shape index (κ3) is 3.13. The predicted octanol–water partition coefficient (Wildman–Crippen LogP) is 2.20. The zero-order chi connectivity index (χ0) is 19.7. The van der Waals surface area contributed by atoms with Gasteiger partial charge in [0.1, 0.15) is 5.82 Å². The standard InChI is InChI=1S/C18H18N6O4/c1-28-18(25)13-9-14(24(26)27)17(19-10-13)22-7-4-5-12(11-22)16-21-20-15-6-2-3-8-23(15)16/h2-3,6,8-10,12H,4-5,7,11H2,1H3. The SMILES string of the molecule is COC(=O)c1cnc(N2CCCC(c3nnc4ccccn34)C2)c([N+](=O)[O-])c1. The van der Waals surface area contributed by atoms with E-state index >= 15 is 0 Å². The average molecular weight is 382 g/mol. The van der Waals surface area contributed by atoms with Crippen molar-refractivity contribution in [1.29, 1.82) is 0 Å². The van der Waals surface area contributed by atoms with Crippen LogP contribution < -0.4 is 4.90 Å². The molecular weight excluding hydrogens is 364 g/mol. The van der Waals surface area contributed by atoms with Crippen LogP contribution in [-0.4, -0.2) is 50.7 Å². The van der Waals surface area contributed by atoms with Crippen LogP contribution in [0.4, 0.5) is 11.5 Å². The fraction of sp³-hybridized carbons (Fsp3) is 0.333. The number of pyridine rings is 2. The number of carbonyl (C=O) groups excluding carboxylic acids is 1. The maximum atomic E-state index is 11.7. The summed E-state index contributed by atoms with van der Waals surface area (Å²) in [7, 11) is 1.22. The van der Waals surface area contributed by atoms with Crippen molar-refractivity contribution in [2.45, 2.75) is 18.8 Å². The van der Waals surface area contributed by atoms with Crippen molar-refractivity contribution in [2.24, 2.45) is 0 Å². The van der Waals surface area contributed by atoms with Crippen LogP contribution in [-0.2, 0) is 4.74 Å². The molecule has 10 nitrogen and oxygen atoms in total. The first-order valence-corrected chi connectivity index (χ1v) is 8.86. The number of nitro groups is 1.